The van der Waals surface area contributed by atoms with E-state index in [0.29, 0.717) is 0 Å². The Morgan fingerprint density at radius 3 is 2.81 bits per heavy atom. The first kappa shape index (κ1) is 11.1. The maximum Gasteiger partial charge on any atom is 0.254 e. The zero-order chi connectivity index (χ0) is 11.7. The second-order valence-corrected chi connectivity index (χ2v) is 4.44. The van der Waals surface area contributed by atoms with Crippen LogP contribution in [0.2, 0.25) is 0 Å². The first-order valence-electron chi connectivity index (χ1n) is 5.67. The number of carbonyl (C=O) groups excluding carboxylic acids is 1. The van der Waals surface area contributed by atoms with Crippen molar-refractivity contribution < 1.29 is 9.90 Å². The Kier molecular flexibility index (Phi) is 2.97. The second kappa shape index (κ2) is 4.26. The first-order chi connectivity index (χ1) is 7.65. The zero-order valence-corrected chi connectivity index (χ0v) is 9.73. The molecule has 2 rings (SSSR count). The van der Waals surface area contributed by atoms with Crippen molar-refractivity contribution in [3.05, 3.63) is 34.9 Å². The van der Waals surface area contributed by atoms with Gasteiger partial charge < -0.3 is 10.0 Å². The summed E-state index contributed by atoms with van der Waals surface area (Å²) in [7, 11) is 0. The van der Waals surface area contributed by atoms with E-state index < -0.39 is 0 Å². The van der Waals surface area contributed by atoms with Gasteiger partial charge in [0.15, 0.2) is 0 Å². The molecule has 0 saturated heterocycles. The summed E-state index contributed by atoms with van der Waals surface area (Å²) in [5, 5.41) is 9.23. The molecule has 0 unspecified atom stereocenters. The van der Waals surface area contributed by atoms with E-state index in [1.165, 1.54) is 0 Å². The number of amides is 1. The van der Waals surface area contributed by atoms with Crippen LogP contribution < -0.4 is 0 Å². The minimum absolute atomic E-state index is 0.0120. The second-order valence-electron chi connectivity index (χ2n) is 4.44. The molecule has 86 valence electrons. The van der Waals surface area contributed by atoms with Crippen LogP contribution in [0.3, 0.4) is 0 Å². The van der Waals surface area contributed by atoms with Crippen molar-refractivity contribution in [1.82, 2.24) is 4.90 Å². The normalized spacial score (nSPS) is 15.5. The van der Waals surface area contributed by atoms with Gasteiger partial charge in [-0.3, -0.25) is 4.79 Å². The Hall–Kier alpha value is -1.35. The Labute approximate surface area is 95.7 Å². The smallest absolute Gasteiger partial charge is 0.254 e. The fourth-order valence-corrected chi connectivity index (χ4v) is 2.26. The molecule has 0 saturated carbocycles. The van der Waals surface area contributed by atoms with Crippen LogP contribution in [0.4, 0.5) is 0 Å². The van der Waals surface area contributed by atoms with E-state index in [0.717, 1.165) is 29.7 Å². The Morgan fingerprint density at radius 1 is 1.44 bits per heavy atom. The molecular weight excluding hydrogens is 202 g/mol. The molecule has 1 N–H and O–H groups in total. The summed E-state index contributed by atoms with van der Waals surface area (Å²) in [6.07, 6.45) is 0.843. The zero-order valence-electron chi connectivity index (χ0n) is 9.73. The lowest BCUT2D eigenvalue weighted by molar-refractivity contribution is 0.0687. The fourth-order valence-electron chi connectivity index (χ4n) is 2.26. The summed E-state index contributed by atoms with van der Waals surface area (Å²) in [5.74, 6) is 0.0894. The average molecular weight is 219 g/mol. The SMILES string of the molecule is CC(C)N1CCc2c(CO)cccc2C1=O. The van der Waals surface area contributed by atoms with Crippen molar-refractivity contribution in [3.63, 3.8) is 0 Å². The number of rotatable bonds is 2. The highest BCUT2D eigenvalue weighted by Crippen LogP contribution is 2.23. The first-order valence-corrected chi connectivity index (χ1v) is 5.67. The molecule has 0 spiro atoms. The maximum absolute atomic E-state index is 12.2. The van der Waals surface area contributed by atoms with E-state index in [4.69, 9.17) is 0 Å². The van der Waals surface area contributed by atoms with Gasteiger partial charge in [0.1, 0.15) is 0 Å². The maximum atomic E-state index is 12.2. The van der Waals surface area contributed by atoms with Crippen LogP contribution in [0.15, 0.2) is 18.2 Å². The number of benzene rings is 1. The van der Waals surface area contributed by atoms with Gasteiger partial charge in [-0.1, -0.05) is 12.1 Å². The summed E-state index contributed by atoms with van der Waals surface area (Å²) >= 11 is 0. The van der Waals surface area contributed by atoms with Crippen LogP contribution in [0, 0.1) is 0 Å². The molecule has 0 fully saturated rings. The molecule has 0 aliphatic carbocycles. The minimum Gasteiger partial charge on any atom is -0.392 e. The number of hydrogen-bond donors (Lipinski definition) is 1. The van der Waals surface area contributed by atoms with Crippen LogP contribution in [0.25, 0.3) is 0 Å². The third kappa shape index (κ3) is 1.71. The quantitative estimate of drug-likeness (QED) is 0.820. The van der Waals surface area contributed by atoms with Gasteiger partial charge in [-0.05, 0) is 37.5 Å². The molecule has 0 bridgehead atoms. The Balaban J connectivity index is 2.42. The number of nitrogens with zero attached hydrogens (tertiary/aromatic N) is 1. The highest BCUT2D eigenvalue weighted by molar-refractivity contribution is 5.97. The van der Waals surface area contributed by atoms with Crippen molar-refractivity contribution in [1.29, 1.82) is 0 Å². The average Bonchev–Trinajstić information content (AvgIpc) is 2.28. The number of aliphatic hydroxyl groups excluding tert-OH is 1. The molecule has 1 aliphatic rings. The molecular formula is C13H17NO2. The van der Waals surface area contributed by atoms with Crippen molar-refractivity contribution in [2.75, 3.05) is 6.54 Å². The van der Waals surface area contributed by atoms with E-state index >= 15 is 0 Å². The van der Waals surface area contributed by atoms with Crippen molar-refractivity contribution in [2.45, 2.75) is 32.9 Å². The third-order valence-electron chi connectivity index (χ3n) is 3.16. The summed E-state index contributed by atoms with van der Waals surface area (Å²) < 4.78 is 0. The molecule has 1 amide bonds. The lowest BCUT2D eigenvalue weighted by atomic mass is 9.93. The number of hydrogen-bond acceptors (Lipinski definition) is 2. The Bertz CT molecular complexity index is 412. The molecule has 1 aliphatic heterocycles. The monoisotopic (exact) mass is 219 g/mol. The summed E-state index contributed by atoms with van der Waals surface area (Å²) in [5.41, 5.74) is 2.66. The molecule has 16 heavy (non-hydrogen) atoms. The van der Waals surface area contributed by atoms with Crippen LogP contribution in [0.1, 0.15) is 35.3 Å². The van der Waals surface area contributed by atoms with Crippen LogP contribution in [0.5, 0.6) is 0 Å². The van der Waals surface area contributed by atoms with E-state index in [1.54, 1.807) is 0 Å². The van der Waals surface area contributed by atoms with E-state index in [-0.39, 0.29) is 18.6 Å². The van der Waals surface area contributed by atoms with E-state index in [9.17, 15) is 9.90 Å². The Morgan fingerprint density at radius 2 is 2.19 bits per heavy atom. The molecule has 0 radical (unpaired) electrons. The molecule has 1 aromatic carbocycles. The predicted molar refractivity (Wildman–Crippen MR) is 62.2 cm³/mol. The minimum atomic E-state index is 0.0120. The van der Waals surface area contributed by atoms with Gasteiger partial charge in [-0.25, -0.2) is 0 Å². The molecule has 0 atom stereocenters. The van der Waals surface area contributed by atoms with E-state index in [2.05, 4.69) is 0 Å². The molecule has 3 nitrogen and oxygen atoms in total. The predicted octanol–water partition coefficient (Wildman–Crippen LogP) is 1.59. The van der Waals surface area contributed by atoms with Gasteiger partial charge in [-0.2, -0.15) is 0 Å². The number of fused-ring (bicyclic) bond motifs is 1. The molecule has 0 aromatic heterocycles. The van der Waals surface area contributed by atoms with Gasteiger partial charge in [0.25, 0.3) is 5.91 Å². The third-order valence-corrected chi connectivity index (χ3v) is 3.16. The number of aliphatic hydroxyl groups is 1. The molecule has 1 heterocycles. The van der Waals surface area contributed by atoms with Crippen LogP contribution in [-0.2, 0) is 13.0 Å². The lowest BCUT2D eigenvalue weighted by Gasteiger charge is -2.32. The van der Waals surface area contributed by atoms with Gasteiger partial charge >= 0.3 is 0 Å². The topological polar surface area (TPSA) is 40.5 Å². The van der Waals surface area contributed by atoms with Gasteiger partial charge in [-0.15, -0.1) is 0 Å². The summed E-state index contributed by atoms with van der Waals surface area (Å²) in [6, 6.07) is 5.81. The van der Waals surface area contributed by atoms with E-state index in [1.807, 2.05) is 36.9 Å². The highest BCUT2D eigenvalue weighted by Gasteiger charge is 2.26. The van der Waals surface area contributed by atoms with Crippen LogP contribution >= 0.6 is 0 Å². The van der Waals surface area contributed by atoms with Crippen molar-refractivity contribution in [3.8, 4) is 0 Å². The van der Waals surface area contributed by atoms with Crippen LogP contribution in [-0.4, -0.2) is 28.5 Å². The molecule has 1 aromatic rings. The summed E-state index contributed by atoms with van der Waals surface area (Å²) in [4.78, 5) is 14.0. The van der Waals surface area contributed by atoms with Crippen molar-refractivity contribution in [2.24, 2.45) is 0 Å². The molecule has 3 heteroatoms. The van der Waals surface area contributed by atoms with Gasteiger partial charge in [0, 0.05) is 18.2 Å². The van der Waals surface area contributed by atoms with Gasteiger partial charge in [0.2, 0.25) is 0 Å². The van der Waals surface area contributed by atoms with Gasteiger partial charge in [0.05, 0.1) is 6.61 Å². The summed E-state index contributed by atoms with van der Waals surface area (Å²) in [6.45, 7) is 4.82. The fraction of sp³-hybridized carbons (Fsp3) is 0.462. The number of carbonyl (C=O) groups is 1. The highest BCUT2D eigenvalue weighted by atomic mass is 16.3. The largest absolute Gasteiger partial charge is 0.392 e. The lowest BCUT2D eigenvalue weighted by Crippen LogP contribution is -2.42. The standard InChI is InChI=1S/C13H17NO2/c1-9(2)14-7-6-11-10(8-15)4-3-5-12(11)13(14)16/h3-5,9,15H,6-8H2,1-2H3. The van der Waals surface area contributed by atoms with Crippen molar-refractivity contribution >= 4 is 5.91 Å².